The van der Waals surface area contributed by atoms with Gasteiger partial charge in [-0.25, -0.2) is 4.39 Å². The molecule has 0 aliphatic carbocycles. The standard InChI is InChI=1S/C11H12F/c1-4-9(3)10-7-8(2)5-6-11(10)12/h4-7H,1H2,2-3H3. The van der Waals surface area contributed by atoms with Gasteiger partial charge in [0.25, 0.3) is 0 Å². The number of halogens is 1. The zero-order valence-corrected chi connectivity index (χ0v) is 7.39. The summed E-state index contributed by atoms with van der Waals surface area (Å²) in [5.74, 6) is 0.689. The van der Waals surface area contributed by atoms with E-state index in [0.29, 0.717) is 5.56 Å². The van der Waals surface area contributed by atoms with Crippen LogP contribution in [0.15, 0.2) is 30.9 Å². The molecule has 0 aliphatic rings. The number of hydrogen-bond donors (Lipinski definition) is 0. The third-order valence-electron chi connectivity index (χ3n) is 1.85. The molecular weight excluding hydrogens is 151 g/mol. The topological polar surface area (TPSA) is 0 Å². The van der Waals surface area contributed by atoms with Crippen LogP contribution in [-0.4, -0.2) is 0 Å². The molecule has 0 saturated heterocycles. The summed E-state index contributed by atoms with van der Waals surface area (Å²) in [6, 6.07) is 5.07. The predicted molar refractivity (Wildman–Crippen MR) is 49.4 cm³/mol. The summed E-state index contributed by atoms with van der Waals surface area (Å²) in [7, 11) is 0. The zero-order valence-electron chi connectivity index (χ0n) is 7.39. The van der Waals surface area contributed by atoms with Crippen molar-refractivity contribution in [3.8, 4) is 0 Å². The van der Waals surface area contributed by atoms with E-state index in [2.05, 4.69) is 6.58 Å². The summed E-state index contributed by atoms with van der Waals surface area (Å²) in [6.07, 6.45) is 1.66. The summed E-state index contributed by atoms with van der Waals surface area (Å²) in [5.41, 5.74) is 1.71. The lowest BCUT2D eigenvalue weighted by Crippen LogP contribution is -1.95. The van der Waals surface area contributed by atoms with E-state index in [-0.39, 0.29) is 5.82 Å². The second-order valence-electron chi connectivity index (χ2n) is 2.87. The predicted octanol–water partition coefficient (Wildman–Crippen LogP) is 3.26. The molecule has 1 aromatic rings. The monoisotopic (exact) mass is 163 g/mol. The Morgan fingerprint density at radius 1 is 1.50 bits per heavy atom. The smallest absolute Gasteiger partial charge is 0.127 e. The van der Waals surface area contributed by atoms with Crippen LogP contribution in [0, 0.1) is 18.7 Å². The van der Waals surface area contributed by atoms with E-state index in [0.717, 1.165) is 11.5 Å². The molecule has 1 rings (SSSR count). The van der Waals surface area contributed by atoms with Crippen molar-refractivity contribution in [3.05, 3.63) is 53.7 Å². The van der Waals surface area contributed by atoms with Gasteiger partial charge in [0.05, 0.1) is 0 Å². The molecule has 0 unspecified atom stereocenters. The van der Waals surface area contributed by atoms with Crippen molar-refractivity contribution in [2.24, 2.45) is 0 Å². The first kappa shape index (κ1) is 8.98. The molecule has 1 radical (unpaired) electrons. The van der Waals surface area contributed by atoms with Gasteiger partial charge >= 0.3 is 0 Å². The molecule has 0 spiro atoms. The summed E-state index contributed by atoms with van der Waals surface area (Å²) >= 11 is 0. The Bertz CT molecular complexity index is 289. The van der Waals surface area contributed by atoms with Gasteiger partial charge < -0.3 is 0 Å². The largest absolute Gasteiger partial charge is 0.207 e. The Kier molecular flexibility index (Phi) is 2.64. The fourth-order valence-electron chi connectivity index (χ4n) is 1.05. The van der Waals surface area contributed by atoms with E-state index in [4.69, 9.17) is 0 Å². The van der Waals surface area contributed by atoms with E-state index in [1.54, 1.807) is 12.1 Å². The first-order valence-corrected chi connectivity index (χ1v) is 3.87. The van der Waals surface area contributed by atoms with Crippen LogP contribution in [0.2, 0.25) is 0 Å². The lowest BCUT2D eigenvalue weighted by Gasteiger charge is -2.07. The van der Waals surface area contributed by atoms with E-state index in [1.165, 1.54) is 6.07 Å². The van der Waals surface area contributed by atoms with Crippen molar-refractivity contribution in [2.75, 3.05) is 0 Å². The Morgan fingerprint density at radius 2 is 2.17 bits per heavy atom. The highest BCUT2D eigenvalue weighted by Crippen LogP contribution is 2.19. The van der Waals surface area contributed by atoms with Crippen molar-refractivity contribution in [2.45, 2.75) is 13.8 Å². The molecule has 63 valence electrons. The minimum Gasteiger partial charge on any atom is -0.207 e. The quantitative estimate of drug-likeness (QED) is 0.627. The Labute approximate surface area is 72.7 Å². The molecule has 0 atom stereocenters. The highest BCUT2D eigenvalue weighted by Gasteiger charge is 2.07. The zero-order chi connectivity index (χ0) is 9.14. The molecule has 0 amide bonds. The van der Waals surface area contributed by atoms with Crippen molar-refractivity contribution < 1.29 is 4.39 Å². The van der Waals surface area contributed by atoms with Gasteiger partial charge in [-0.1, -0.05) is 30.7 Å². The van der Waals surface area contributed by atoms with Crippen molar-refractivity contribution in [1.82, 2.24) is 0 Å². The fraction of sp³-hybridized carbons (Fsp3) is 0.182. The summed E-state index contributed by atoms with van der Waals surface area (Å²) in [4.78, 5) is 0. The van der Waals surface area contributed by atoms with Crippen LogP contribution in [0.4, 0.5) is 4.39 Å². The third kappa shape index (κ3) is 1.73. The molecule has 0 N–H and O–H groups in total. The van der Waals surface area contributed by atoms with E-state index in [1.807, 2.05) is 19.9 Å². The number of aryl methyl sites for hydroxylation is 1. The van der Waals surface area contributed by atoms with E-state index in [9.17, 15) is 4.39 Å². The first-order valence-electron chi connectivity index (χ1n) is 3.87. The van der Waals surface area contributed by atoms with E-state index < -0.39 is 0 Å². The van der Waals surface area contributed by atoms with Gasteiger partial charge in [-0.15, -0.1) is 6.58 Å². The summed E-state index contributed by atoms with van der Waals surface area (Å²) in [6.45, 7) is 7.40. The second-order valence-corrected chi connectivity index (χ2v) is 2.87. The molecule has 0 fully saturated rings. The molecule has 0 heterocycles. The van der Waals surface area contributed by atoms with Crippen molar-refractivity contribution in [1.29, 1.82) is 0 Å². The molecule has 0 nitrogen and oxygen atoms in total. The van der Waals surface area contributed by atoms with Crippen LogP contribution in [0.1, 0.15) is 18.1 Å². The van der Waals surface area contributed by atoms with Crippen LogP contribution in [0.3, 0.4) is 0 Å². The lowest BCUT2D eigenvalue weighted by molar-refractivity contribution is 0.617. The summed E-state index contributed by atoms with van der Waals surface area (Å²) in [5, 5.41) is 0. The SMILES string of the molecule is C=C[C](C)c1cc(C)ccc1F. The second kappa shape index (κ2) is 3.53. The molecule has 0 aliphatic heterocycles. The average molecular weight is 163 g/mol. The van der Waals surface area contributed by atoms with Crippen LogP contribution in [0.5, 0.6) is 0 Å². The average Bonchev–Trinajstić information content (AvgIpc) is 2.08. The van der Waals surface area contributed by atoms with Crippen LogP contribution in [0.25, 0.3) is 0 Å². The minimum atomic E-state index is -0.182. The molecule has 0 bridgehead atoms. The van der Waals surface area contributed by atoms with Gasteiger partial charge in [-0.2, -0.15) is 0 Å². The van der Waals surface area contributed by atoms with Crippen LogP contribution >= 0.6 is 0 Å². The fourth-order valence-corrected chi connectivity index (χ4v) is 1.05. The summed E-state index contributed by atoms with van der Waals surface area (Å²) < 4.78 is 13.1. The van der Waals surface area contributed by atoms with Crippen molar-refractivity contribution in [3.63, 3.8) is 0 Å². The maximum atomic E-state index is 13.1. The van der Waals surface area contributed by atoms with Gasteiger partial charge in [-0.3, -0.25) is 0 Å². The maximum absolute atomic E-state index is 13.1. The highest BCUT2D eigenvalue weighted by molar-refractivity contribution is 5.38. The van der Waals surface area contributed by atoms with Gasteiger partial charge in [0.1, 0.15) is 5.82 Å². The number of rotatable bonds is 2. The van der Waals surface area contributed by atoms with Gasteiger partial charge in [0.15, 0.2) is 0 Å². The Hall–Kier alpha value is -1.11. The van der Waals surface area contributed by atoms with Gasteiger partial charge in [0, 0.05) is 5.92 Å². The van der Waals surface area contributed by atoms with E-state index >= 15 is 0 Å². The Morgan fingerprint density at radius 3 is 2.75 bits per heavy atom. The van der Waals surface area contributed by atoms with Gasteiger partial charge in [-0.05, 0) is 18.6 Å². The van der Waals surface area contributed by atoms with Crippen LogP contribution < -0.4 is 0 Å². The maximum Gasteiger partial charge on any atom is 0.127 e. The lowest BCUT2D eigenvalue weighted by atomic mass is 9.99. The first-order chi connectivity index (χ1) is 5.65. The molecular formula is C11H12F. The normalized spacial score (nSPS) is 10.3. The Balaban J connectivity index is 3.12. The number of hydrogen-bond acceptors (Lipinski definition) is 0. The third-order valence-corrected chi connectivity index (χ3v) is 1.85. The highest BCUT2D eigenvalue weighted by atomic mass is 19.1. The number of allylic oxidation sites excluding steroid dienone is 1. The number of benzene rings is 1. The molecule has 12 heavy (non-hydrogen) atoms. The molecule has 0 saturated carbocycles. The molecule has 1 heteroatoms. The van der Waals surface area contributed by atoms with Crippen molar-refractivity contribution >= 4 is 0 Å². The minimum absolute atomic E-state index is 0.182. The molecule has 0 aromatic heterocycles. The van der Waals surface area contributed by atoms with Gasteiger partial charge in [0.2, 0.25) is 0 Å². The van der Waals surface area contributed by atoms with Crippen LogP contribution in [-0.2, 0) is 0 Å². The molecule has 1 aromatic carbocycles.